The van der Waals surface area contributed by atoms with Gasteiger partial charge in [0.2, 0.25) is 6.29 Å². The van der Waals surface area contributed by atoms with Crippen molar-refractivity contribution in [2.24, 2.45) is 0 Å². The minimum Gasteiger partial charge on any atom is -0.496 e. The van der Waals surface area contributed by atoms with Crippen LogP contribution in [0.5, 0.6) is 11.5 Å². The van der Waals surface area contributed by atoms with E-state index in [1.165, 1.54) is 7.11 Å². The second-order valence-corrected chi connectivity index (χ2v) is 4.84. The maximum absolute atomic E-state index is 11.7. The van der Waals surface area contributed by atoms with Gasteiger partial charge >= 0.3 is 5.97 Å². The standard InChI is InChI=1S/C15H18O5/c1-8(2)5-6-19-11-7-10-12(13(18-4)9(11)3)15(17)20-14(10)16/h5,7,15,17H,6H2,1-4H3/t15-/m0/s1. The molecule has 5 heteroatoms. The first kappa shape index (κ1) is 14.4. The van der Waals surface area contributed by atoms with Gasteiger partial charge in [-0.1, -0.05) is 5.57 Å². The largest absolute Gasteiger partial charge is 0.496 e. The lowest BCUT2D eigenvalue weighted by molar-refractivity contribution is -0.0556. The molecule has 0 aliphatic carbocycles. The van der Waals surface area contributed by atoms with Crippen molar-refractivity contribution in [1.82, 2.24) is 0 Å². The second-order valence-electron chi connectivity index (χ2n) is 4.84. The summed E-state index contributed by atoms with van der Waals surface area (Å²) in [6, 6.07) is 1.59. The van der Waals surface area contributed by atoms with Gasteiger partial charge in [-0.05, 0) is 32.9 Å². The number of cyclic esters (lactones) is 1. The van der Waals surface area contributed by atoms with Crippen LogP contribution in [0.15, 0.2) is 17.7 Å². The van der Waals surface area contributed by atoms with E-state index >= 15 is 0 Å². The zero-order valence-electron chi connectivity index (χ0n) is 12.0. The molecule has 108 valence electrons. The molecule has 1 aliphatic rings. The first-order valence-electron chi connectivity index (χ1n) is 6.32. The highest BCUT2D eigenvalue weighted by atomic mass is 16.6. The molecule has 0 saturated heterocycles. The molecule has 0 spiro atoms. The fraction of sp³-hybridized carbons (Fsp3) is 0.400. The number of esters is 1. The van der Waals surface area contributed by atoms with E-state index < -0.39 is 12.3 Å². The van der Waals surface area contributed by atoms with E-state index in [1.807, 2.05) is 26.8 Å². The molecule has 0 amide bonds. The molecule has 1 N–H and O–H groups in total. The summed E-state index contributed by atoms with van der Waals surface area (Å²) in [6.45, 7) is 6.18. The number of fused-ring (bicyclic) bond motifs is 1. The van der Waals surface area contributed by atoms with Gasteiger partial charge in [-0.15, -0.1) is 0 Å². The third-order valence-corrected chi connectivity index (χ3v) is 3.14. The van der Waals surface area contributed by atoms with E-state index in [2.05, 4.69) is 0 Å². The molecule has 0 aromatic heterocycles. The number of rotatable bonds is 4. The number of ether oxygens (including phenoxy) is 3. The van der Waals surface area contributed by atoms with Crippen LogP contribution in [0.1, 0.15) is 41.6 Å². The number of hydrogen-bond acceptors (Lipinski definition) is 5. The van der Waals surface area contributed by atoms with Gasteiger partial charge in [0.15, 0.2) is 0 Å². The lowest BCUT2D eigenvalue weighted by Gasteiger charge is -2.15. The number of allylic oxidation sites excluding steroid dienone is 1. The Kier molecular flexibility index (Phi) is 3.99. The van der Waals surface area contributed by atoms with E-state index in [0.29, 0.717) is 23.7 Å². The topological polar surface area (TPSA) is 65.0 Å². The average Bonchev–Trinajstić information content (AvgIpc) is 2.65. The number of aliphatic hydroxyl groups excluding tert-OH is 1. The Bertz CT molecular complexity index is 570. The first-order valence-corrected chi connectivity index (χ1v) is 6.32. The Hall–Kier alpha value is -2.01. The molecule has 0 bridgehead atoms. The number of carbonyl (C=O) groups excluding carboxylic acids is 1. The van der Waals surface area contributed by atoms with Crippen LogP contribution in [-0.2, 0) is 4.74 Å². The predicted molar refractivity (Wildman–Crippen MR) is 73.0 cm³/mol. The van der Waals surface area contributed by atoms with Crippen molar-refractivity contribution in [1.29, 1.82) is 0 Å². The van der Waals surface area contributed by atoms with E-state index in [1.54, 1.807) is 6.07 Å². The highest BCUT2D eigenvalue weighted by Crippen LogP contribution is 2.42. The van der Waals surface area contributed by atoms with Crippen LogP contribution in [-0.4, -0.2) is 24.8 Å². The Labute approximate surface area is 117 Å². The van der Waals surface area contributed by atoms with Crippen LogP contribution >= 0.6 is 0 Å². The summed E-state index contributed by atoms with van der Waals surface area (Å²) < 4.78 is 15.7. The normalized spacial score (nSPS) is 16.4. The maximum atomic E-state index is 11.7. The smallest absolute Gasteiger partial charge is 0.341 e. The van der Waals surface area contributed by atoms with Crippen molar-refractivity contribution in [3.8, 4) is 11.5 Å². The van der Waals surface area contributed by atoms with E-state index in [0.717, 1.165) is 11.1 Å². The third-order valence-electron chi connectivity index (χ3n) is 3.14. The van der Waals surface area contributed by atoms with Crippen LogP contribution in [0, 0.1) is 6.92 Å². The van der Waals surface area contributed by atoms with Gasteiger partial charge in [0.05, 0.1) is 18.2 Å². The van der Waals surface area contributed by atoms with Gasteiger partial charge in [-0.2, -0.15) is 0 Å². The minimum absolute atomic E-state index is 0.284. The Morgan fingerprint density at radius 1 is 1.50 bits per heavy atom. The van der Waals surface area contributed by atoms with Gasteiger partial charge in [0, 0.05) is 5.56 Å². The fourth-order valence-electron chi connectivity index (χ4n) is 2.10. The minimum atomic E-state index is -1.28. The van der Waals surface area contributed by atoms with Gasteiger partial charge in [0.25, 0.3) is 0 Å². The Morgan fingerprint density at radius 3 is 2.80 bits per heavy atom. The van der Waals surface area contributed by atoms with Crippen molar-refractivity contribution in [2.75, 3.05) is 13.7 Å². The van der Waals surface area contributed by atoms with Crippen molar-refractivity contribution >= 4 is 5.97 Å². The second kappa shape index (κ2) is 5.54. The molecule has 0 radical (unpaired) electrons. The molecule has 1 atom stereocenters. The van der Waals surface area contributed by atoms with E-state index in [-0.39, 0.29) is 5.56 Å². The molecule has 1 aromatic rings. The van der Waals surface area contributed by atoms with Gasteiger partial charge < -0.3 is 19.3 Å². The fourth-order valence-corrected chi connectivity index (χ4v) is 2.10. The molecule has 5 nitrogen and oxygen atoms in total. The quantitative estimate of drug-likeness (QED) is 0.677. The van der Waals surface area contributed by atoms with Gasteiger partial charge in [-0.3, -0.25) is 0 Å². The molecule has 0 fully saturated rings. The summed E-state index contributed by atoms with van der Waals surface area (Å²) in [5.74, 6) is 0.398. The summed E-state index contributed by atoms with van der Waals surface area (Å²) in [4.78, 5) is 11.7. The Balaban J connectivity index is 2.43. The number of hydrogen-bond donors (Lipinski definition) is 1. The van der Waals surface area contributed by atoms with Gasteiger partial charge in [0.1, 0.15) is 18.1 Å². The van der Waals surface area contributed by atoms with Crippen molar-refractivity contribution in [3.05, 3.63) is 34.4 Å². The summed E-state index contributed by atoms with van der Waals surface area (Å²) in [5.41, 5.74) is 2.52. The molecule has 1 aromatic carbocycles. The average molecular weight is 278 g/mol. The van der Waals surface area contributed by atoms with E-state index in [4.69, 9.17) is 14.2 Å². The molecule has 0 unspecified atom stereocenters. The summed E-state index contributed by atoms with van der Waals surface area (Å²) in [7, 11) is 1.48. The lowest BCUT2D eigenvalue weighted by atomic mass is 10.0. The number of benzene rings is 1. The highest BCUT2D eigenvalue weighted by molar-refractivity contribution is 5.95. The molecule has 2 rings (SSSR count). The molecular weight excluding hydrogens is 260 g/mol. The van der Waals surface area contributed by atoms with Crippen LogP contribution in [0.4, 0.5) is 0 Å². The monoisotopic (exact) mass is 278 g/mol. The number of carbonyl (C=O) groups is 1. The zero-order valence-corrected chi connectivity index (χ0v) is 12.0. The van der Waals surface area contributed by atoms with Crippen LogP contribution < -0.4 is 9.47 Å². The maximum Gasteiger partial charge on any atom is 0.341 e. The highest BCUT2D eigenvalue weighted by Gasteiger charge is 2.35. The first-order chi connectivity index (χ1) is 9.45. The predicted octanol–water partition coefficient (Wildman–Crippen LogP) is 2.51. The number of aliphatic hydroxyl groups is 1. The molecule has 20 heavy (non-hydrogen) atoms. The van der Waals surface area contributed by atoms with Crippen LogP contribution in [0.3, 0.4) is 0 Å². The summed E-state index contributed by atoms with van der Waals surface area (Å²) >= 11 is 0. The van der Waals surface area contributed by atoms with E-state index in [9.17, 15) is 9.90 Å². The van der Waals surface area contributed by atoms with Crippen molar-refractivity contribution < 1.29 is 24.1 Å². The lowest BCUT2D eigenvalue weighted by Crippen LogP contribution is -2.03. The summed E-state index contributed by atoms with van der Waals surface area (Å²) in [6.07, 6.45) is 0.657. The third kappa shape index (κ3) is 2.49. The number of methoxy groups -OCH3 is 1. The van der Waals surface area contributed by atoms with Crippen LogP contribution in [0.2, 0.25) is 0 Å². The zero-order chi connectivity index (χ0) is 14.9. The van der Waals surface area contributed by atoms with Crippen molar-refractivity contribution in [3.63, 3.8) is 0 Å². The summed E-state index contributed by atoms with van der Waals surface area (Å²) in [5, 5.41) is 9.75. The molecule has 0 saturated carbocycles. The van der Waals surface area contributed by atoms with Gasteiger partial charge in [-0.25, -0.2) is 4.79 Å². The van der Waals surface area contributed by atoms with Crippen molar-refractivity contribution in [2.45, 2.75) is 27.1 Å². The molecule has 1 heterocycles. The Morgan fingerprint density at radius 2 is 2.20 bits per heavy atom. The SMILES string of the molecule is COc1c(C)c(OCC=C(C)C)cc2c1[C@@H](O)OC2=O. The molecule has 1 aliphatic heterocycles. The van der Waals surface area contributed by atoms with Crippen LogP contribution in [0.25, 0.3) is 0 Å². The molecular formula is C15H18O5.